The molecule has 4 aliphatic carbocycles. The molecule has 0 spiro atoms. The van der Waals surface area contributed by atoms with E-state index in [9.17, 15) is 14.4 Å². The minimum atomic E-state index is -0.510. The third-order valence-corrected chi connectivity index (χ3v) is 6.10. The number of carbonyl (C=O) groups excluding carboxylic acids is 3. The quantitative estimate of drug-likeness (QED) is 0.675. The molecule has 5 aliphatic rings. The molecule has 1 unspecified atom stereocenters. The van der Waals surface area contributed by atoms with Crippen molar-refractivity contribution in [3.8, 4) is 0 Å². The van der Waals surface area contributed by atoms with Crippen molar-refractivity contribution < 1.29 is 14.4 Å². The van der Waals surface area contributed by atoms with E-state index in [2.05, 4.69) is 16.0 Å². The van der Waals surface area contributed by atoms with Crippen LogP contribution in [0.1, 0.15) is 44.9 Å². The standard InChI is InChI=1S/C16H23N3O3/c20-13-12(18-15(22)19-13)1-2-17-14(21)16-6-9-3-10(7-16)5-11(4-9)8-16/h9-12H,1-8H2,(H,17,21)(H2,18,19,20,22). The van der Waals surface area contributed by atoms with Crippen LogP contribution in [0, 0.1) is 23.2 Å². The lowest BCUT2D eigenvalue weighted by molar-refractivity contribution is -0.146. The summed E-state index contributed by atoms with van der Waals surface area (Å²) in [6.07, 6.45) is 7.56. The SMILES string of the molecule is O=C1NC(=O)C(CCNC(=O)C23CC4CC(CC(C4)C2)C3)N1. The molecule has 1 atom stereocenters. The number of rotatable bonds is 4. The Hall–Kier alpha value is -1.59. The Morgan fingerprint density at radius 2 is 1.68 bits per heavy atom. The number of amides is 4. The molecule has 0 aromatic rings. The minimum Gasteiger partial charge on any atom is -0.356 e. The fraction of sp³-hybridized carbons (Fsp3) is 0.812. The second-order valence-corrected chi connectivity index (χ2v) is 7.76. The first-order chi connectivity index (χ1) is 10.5. The lowest BCUT2D eigenvalue weighted by Gasteiger charge is -2.55. The summed E-state index contributed by atoms with van der Waals surface area (Å²) in [6.45, 7) is 0.443. The maximum atomic E-state index is 12.7. The van der Waals surface area contributed by atoms with Crippen LogP contribution in [0.15, 0.2) is 0 Å². The molecule has 0 aromatic carbocycles. The van der Waals surface area contributed by atoms with Gasteiger partial charge in [0.25, 0.3) is 5.91 Å². The Kier molecular flexibility index (Phi) is 3.16. The van der Waals surface area contributed by atoms with E-state index in [1.807, 2.05) is 0 Å². The molecule has 4 saturated carbocycles. The van der Waals surface area contributed by atoms with Gasteiger partial charge >= 0.3 is 6.03 Å². The fourth-order valence-electron chi connectivity index (χ4n) is 5.57. The summed E-state index contributed by atoms with van der Waals surface area (Å²) < 4.78 is 0. The van der Waals surface area contributed by atoms with Gasteiger partial charge in [0.2, 0.25) is 5.91 Å². The number of hydrogen-bond donors (Lipinski definition) is 3. The summed E-state index contributed by atoms with van der Waals surface area (Å²) in [5, 5.41) is 7.81. The number of carbonyl (C=O) groups is 3. The molecule has 6 heteroatoms. The van der Waals surface area contributed by atoms with Crippen molar-refractivity contribution >= 4 is 17.8 Å². The van der Waals surface area contributed by atoms with Gasteiger partial charge in [-0.15, -0.1) is 0 Å². The van der Waals surface area contributed by atoms with Crippen LogP contribution in [0.25, 0.3) is 0 Å². The van der Waals surface area contributed by atoms with E-state index in [0.717, 1.165) is 37.0 Å². The zero-order valence-electron chi connectivity index (χ0n) is 12.7. The van der Waals surface area contributed by atoms with Gasteiger partial charge in [0.15, 0.2) is 0 Å². The van der Waals surface area contributed by atoms with Gasteiger partial charge in [-0.3, -0.25) is 14.9 Å². The van der Waals surface area contributed by atoms with Crippen LogP contribution < -0.4 is 16.0 Å². The number of nitrogens with one attached hydrogen (secondary N) is 3. The Bertz CT molecular complexity index is 495. The smallest absolute Gasteiger partial charge is 0.322 e. The highest BCUT2D eigenvalue weighted by Crippen LogP contribution is 2.60. The third-order valence-electron chi connectivity index (χ3n) is 6.10. The van der Waals surface area contributed by atoms with E-state index >= 15 is 0 Å². The topological polar surface area (TPSA) is 87.3 Å². The van der Waals surface area contributed by atoms with E-state index in [-0.39, 0.29) is 17.2 Å². The Balaban J connectivity index is 1.33. The molecule has 120 valence electrons. The normalized spacial score (nSPS) is 42.2. The predicted molar refractivity (Wildman–Crippen MR) is 78.7 cm³/mol. The summed E-state index contributed by atoms with van der Waals surface area (Å²) >= 11 is 0. The van der Waals surface area contributed by atoms with Crippen molar-refractivity contribution in [3.05, 3.63) is 0 Å². The molecule has 5 fully saturated rings. The van der Waals surface area contributed by atoms with E-state index in [1.54, 1.807) is 0 Å². The molecule has 1 saturated heterocycles. The van der Waals surface area contributed by atoms with Gasteiger partial charge in [0.1, 0.15) is 6.04 Å². The van der Waals surface area contributed by atoms with Gasteiger partial charge < -0.3 is 10.6 Å². The summed E-state index contributed by atoms with van der Waals surface area (Å²) in [7, 11) is 0. The average Bonchev–Trinajstić information content (AvgIpc) is 2.75. The Labute approximate surface area is 129 Å². The molecule has 22 heavy (non-hydrogen) atoms. The summed E-state index contributed by atoms with van der Waals surface area (Å²) in [5.41, 5.74) is -0.143. The molecule has 0 radical (unpaired) electrons. The Morgan fingerprint density at radius 3 is 2.18 bits per heavy atom. The van der Waals surface area contributed by atoms with Crippen molar-refractivity contribution in [3.63, 3.8) is 0 Å². The first-order valence-corrected chi connectivity index (χ1v) is 8.44. The van der Waals surface area contributed by atoms with Crippen molar-refractivity contribution in [2.45, 2.75) is 51.0 Å². The summed E-state index contributed by atoms with van der Waals surface area (Å²) in [5.74, 6) is 2.12. The zero-order chi connectivity index (χ0) is 15.3. The van der Waals surface area contributed by atoms with Crippen molar-refractivity contribution in [2.24, 2.45) is 23.2 Å². The molecule has 5 rings (SSSR count). The van der Waals surface area contributed by atoms with Crippen LogP contribution in [0.4, 0.5) is 4.79 Å². The first-order valence-electron chi connectivity index (χ1n) is 8.44. The largest absolute Gasteiger partial charge is 0.356 e. The molecule has 0 aromatic heterocycles. The van der Waals surface area contributed by atoms with E-state index < -0.39 is 12.1 Å². The van der Waals surface area contributed by atoms with Crippen molar-refractivity contribution in [1.82, 2.24) is 16.0 Å². The van der Waals surface area contributed by atoms with Gasteiger partial charge in [0.05, 0.1) is 0 Å². The summed E-state index contributed by atoms with van der Waals surface area (Å²) in [6, 6.07) is -0.952. The lowest BCUT2D eigenvalue weighted by atomic mass is 9.49. The maximum Gasteiger partial charge on any atom is 0.322 e. The highest BCUT2D eigenvalue weighted by atomic mass is 16.2. The van der Waals surface area contributed by atoms with E-state index in [1.165, 1.54) is 19.3 Å². The molecule has 1 aliphatic heterocycles. The molecule has 4 amide bonds. The molecule has 4 bridgehead atoms. The fourth-order valence-corrected chi connectivity index (χ4v) is 5.57. The number of imide groups is 1. The summed E-state index contributed by atoms with van der Waals surface area (Å²) in [4.78, 5) is 35.3. The lowest BCUT2D eigenvalue weighted by Crippen LogP contribution is -2.54. The molecule has 3 N–H and O–H groups in total. The van der Waals surface area contributed by atoms with Crippen LogP contribution in [0.3, 0.4) is 0 Å². The first kappa shape index (κ1) is 14.0. The molecular formula is C16H23N3O3. The van der Waals surface area contributed by atoms with Crippen LogP contribution >= 0.6 is 0 Å². The van der Waals surface area contributed by atoms with Crippen LogP contribution in [0.5, 0.6) is 0 Å². The van der Waals surface area contributed by atoms with Gasteiger partial charge in [0, 0.05) is 12.0 Å². The second kappa shape index (κ2) is 4.96. The van der Waals surface area contributed by atoms with Crippen LogP contribution in [-0.4, -0.2) is 30.4 Å². The van der Waals surface area contributed by atoms with Gasteiger partial charge in [-0.2, -0.15) is 0 Å². The molecule has 6 nitrogen and oxygen atoms in total. The van der Waals surface area contributed by atoms with Crippen molar-refractivity contribution in [2.75, 3.05) is 6.54 Å². The minimum absolute atomic E-state index is 0.143. The number of urea groups is 1. The molecule has 1 heterocycles. The number of hydrogen-bond acceptors (Lipinski definition) is 3. The monoisotopic (exact) mass is 305 g/mol. The highest BCUT2D eigenvalue weighted by molar-refractivity contribution is 6.04. The Morgan fingerprint density at radius 1 is 1.09 bits per heavy atom. The van der Waals surface area contributed by atoms with Gasteiger partial charge in [-0.05, 0) is 62.7 Å². The predicted octanol–water partition coefficient (Wildman–Crippen LogP) is 0.917. The van der Waals surface area contributed by atoms with Crippen molar-refractivity contribution in [1.29, 1.82) is 0 Å². The second-order valence-electron chi connectivity index (χ2n) is 7.76. The van der Waals surface area contributed by atoms with E-state index in [0.29, 0.717) is 13.0 Å². The van der Waals surface area contributed by atoms with E-state index in [4.69, 9.17) is 0 Å². The average molecular weight is 305 g/mol. The third kappa shape index (κ3) is 2.29. The van der Waals surface area contributed by atoms with Crippen LogP contribution in [-0.2, 0) is 9.59 Å². The molecular weight excluding hydrogens is 282 g/mol. The van der Waals surface area contributed by atoms with Gasteiger partial charge in [-0.1, -0.05) is 0 Å². The van der Waals surface area contributed by atoms with Gasteiger partial charge in [-0.25, -0.2) is 4.79 Å². The highest BCUT2D eigenvalue weighted by Gasteiger charge is 2.54. The van der Waals surface area contributed by atoms with Crippen LogP contribution in [0.2, 0.25) is 0 Å². The maximum absolute atomic E-state index is 12.7. The zero-order valence-corrected chi connectivity index (χ0v) is 12.7.